The third-order valence-electron chi connectivity index (χ3n) is 3.60. The van der Waals surface area contributed by atoms with Gasteiger partial charge in [0.25, 0.3) is 0 Å². The normalized spacial score (nSPS) is 20.7. The molecule has 1 N–H and O–H groups in total. The predicted molar refractivity (Wildman–Crippen MR) is 71.4 cm³/mol. The number of nitrogens with one attached hydrogen (secondary N) is 1. The molecule has 0 aliphatic carbocycles. The summed E-state index contributed by atoms with van der Waals surface area (Å²) in [5, 5.41) is 2.98. The lowest BCUT2D eigenvalue weighted by molar-refractivity contribution is 0.263. The highest BCUT2D eigenvalue weighted by Gasteiger charge is 2.32. The molecule has 0 bridgehead atoms. The molecular formula is C13H22N4. The summed E-state index contributed by atoms with van der Waals surface area (Å²) < 4.78 is 0. The van der Waals surface area contributed by atoms with Gasteiger partial charge in [-0.05, 0) is 23.8 Å². The summed E-state index contributed by atoms with van der Waals surface area (Å²) in [4.78, 5) is 11.0. The molecule has 0 saturated carbocycles. The molecule has 94 valence electrons. The lowest BCUT2D eigenvalue weighted by atomic mass is 9.80. The van der Waals surface area contributed by atoms with E-state index in [0.29, 0.717) is 11.4 Å². The van der Waals surface area contributed by atoms with Crippen molar-refractivity contribution in [3.63, 3.8) is 0 Å². The lowest BCUT2D eigenvalue weighted by Gasteiger charge is -2.27. The molecule has 0 spiro atoms. The SMILES string of the molecule is CNc1nccc(N2CCC(C(C)(C)C)C2)n1. The summed E-state index contributed by atoms with van der Waals surface area (Å²) in [6.07, 6.45) is 3.07. The molecule has 4 nitrogen and oxygen atoms in total. The molecule has 4 heteroatoms. The standard InChI is InChI=1S/C13H22N4/c1-13(2,3)10-6-8-17(9-10)11-5-7-15-12(14-4)16-11/h5,7,10H,6,8-9H2,1-4H3,(H,14,15,16). The van der Waals surface area contributed by atoms with Gasteiger partial charge in [-0.15, -0.1) is 0 Å². The fourth-order valence-electron chi connectivity index (χ4n) is 2.32. The largest absolute Gasteiger partial charge is 0.357 e. The zero-order valence-corrected chi connectivity index (χ0v) is 11.2. The monoisotopic (exact) mass is 234 g/mol. The highest BCUT2D eigenvalue weighted by molar-refractivity contribution is 5.43. The van der Waals surface area contributed by atoms with E-state index in [-0.39, 0.29) is 0 Å². The van der Waals surface area contributed by atoms with Crippen LogP contribution >= 0.6 is 0 Å². The first-order chi connectivity index (χ1) is 8.00. The van der Waals surface area contributed by atoms with Gasteiger partial charge in [-0.25, -0.2) is 4.98 Å². The van der Waals surface area contributed by atoms with E-state index in [2.05, 4.69) is 41.0 Å². The van der Waals surface area contributed by atoms with Crippen molar-refractivity contribution in [2.24, 2.45) is 11.3 Å². The van der Waals surface area contributed by atoms with Crippen LogP contribution in [0.2, 0.25) is 0 Å². The molecule has 1 aromatic heterocycles. The molecule has 2 heterocycles. The molecule has 1 unspecified atom stereocenters. The number of anilines is 2. The second kappa shape index (κ2) is 4.51. The van der Waals surface area contributed by atoms with Gasteiger partial charge in [0.05, 0.1) is 0 Å². The minimum absolute atomic E-state index is 0.383. The Morgan fingerprint density at radius 2 is 2.18 bits per heavy atom. The molecule has 1 aromatic rings. The van der Waals surface area contributed by atoms with E-state index in [9.17, 15) is 0 Å². The maximum absolute atomic E-state index is 4.49. The Hall–Kier alpha value is -1.32. The van der Waals surface area contributed by atoms with E-state index in [1.54, 1.807) is 0 Å². The molecular weight excluding hydrogens is 212 g/mol. The minimum Gasteiger partial charge on any atom is -0.357 e. The number of hydrogen-bond donors (Lipinski definition) is 1. The van der Waals surface area contributed by atoms with E-state index < -0.39 is 0 Å². The Morgan fingerprint density at radius 1 is 1.41 bits per heavy atom. The maximum atomic E-state index is 4.49. The van der Waals surface area contributed by atoms with Gasteiger partial charge in [-0.3, -0.25) is 0 Å². The summed E-state index contributed by atoms with van der Waals surface area (Å²) >= 11 is 0. The van der Waals surface area contributed by atoms with Crippen LogP contribution in [0.3, 0.4) is 0 Å². The van der Waals surface area contributed by atoms with Crippen molar-refractivity contribution in [3.8, 4) is 0 Å². The number of nitrogens with zero attached hydrogens (tertiary/aromatic N) is 3. The second-order valence-corrected chi connectivity index (χ2v) is 5.79. The van der Waals surface area contributed by atoms with Gasteiger partial charge < -0.3 is 10.2 Å². The topological polar surface area (TPSA) is 41.1 Å². The van der Waals surface area contributed by atoms with Crippen LogP contribution < -0.4 is 10.2 Å². The molecule has 1 fully saturated rings. The molecule has 0 aromatic carbocycles. The van der Waals surface area contributed by atoms with Crippen LogP contribution in [-0.4, -0.2) is 30.1 Å². The Morgan fingerprint density at radius 3 is 2.76 bits per heavy atom. The average Bonchev–Trinajstić information content (AvgIpc) is 2.78. The fraction of sp³-hybridized carbons (Fsp3) is 0.692. The molecule has 1 atom stereocenters. The van der Waals surface area contributed by atoms with Crippen molar-refractivity contribution in [2.75, 3.05) is 30.4 Å². The third-order valence-corrected chi connectivity index (χ3v) is 3.60. The van der Waals surface area contributed by atoms with Crippen LogP contribution in [0.15, 0.2) is 12.3 Å². The van der Waals surface area contributed by atoms with E-state index in [1.165, 1.54) is 6.42 Å². The van der Waals surface area contributed by atoms with Gasteiger partial charge in [0.1, 0.15) is 5.82 Å². The van der Waals surface area contributed by atoms with E-state index in [0.717, 1.165) is 24.8 Å². The molecule has 0 radical (unpaired) electrons. The van der Waals surface area contributed by atoms with Crippen LogP contribution in [-0.2, 0) is 0 Å². The predicted octanol–water partition coefficient (Wildman–Crippen LogP) is 2.39. The highest BCUT2D eigenvalue weighted by Crippen LogP contribution is 2.35. The number of hydrogen-bond acceptors (Lipinski definition) is 4. The average molecular weight is 234 g/mol. The summed E-state index contributed by atoms with van der Waals surface area (Å²) in [6, 6.07) is 1.99. The quantitative estimate of drug-likeness (QED) is 0.853. The highest BCUT2D eigenvalue weighted by atomic mass is 15.2. The fourth-order valence-corrected chi connectivity index (χ4v) is 2.32. The Kier molecular flexibility index (Phi) is 3.22. The van der Waals surface area contributed by atoms with Gasteiger partial charge >= 0.3 is 0 Å². The van der Waals surface area contributed by atoms with Crippen molar-refractivity contribution in [1.82, 2.24) is 9.97 Å². The first-order valence-electron chi connectivity index (χ1n) is 6.26. The van der Waals surface area contributed by atoms with Gasteiger partial charge in [-0.2, -0.15) is 4.98 Å². The molecule has 1 aliphatic heterocycles. The van der Waals surface area contributed by atoms with E-state index >= 15 is 0 Å². The summed E-state index contributed by atoms with van der Waals surface area (Å²) in [5.74, 6) is 2.48. The van der Waals surface area contributed by atoms with Crippen LogP contribution in [0.1, 0.15) is 27.2 Å². The van der Waals surface area contributed by atoms with E-state index in [4.69, 9.17) is 0 Å². The summed E-state index contributed by atoms with van der Waals surface area (Å²) in [7, 11) is 1.85. The van der Waals surface area contributed by atoms with Crippen molar-refractivity contribution in [1.29, 1.82) is 0 Å². The first kappa shape index (κ1) is 12.1. The van der Waals surface area contributed by atoms with Crippen LogP contribution in [0.4, 0.5) is 11.8 Å². The maximum Gasteiger partial charge on any atom is 0.224 e. The first-order valence-corrected chi connectivity index (χ1v) is 6.26. The van der Waals surface area contributed by atoms with Crippen LogP contribution in [0.5, 0.6) is 0 Å². The number of rotatable bonds is 2. The molecule has 1 aliphatic rings. The van der Waals surface area contributed by atoms with Crippen molar-refractivity contribution >= 4 is 11.8 Å². The molecule has 0 amide bonds. The molecule has 1 saturated heterocycles. The Labute approximate surface area is 103 Å². The van der Waals surface area contributed by atoms with Crippen LogP contribution in [0.25, 0.3) is 0 Å². The minimum atomic E-state index is 0.383. The molecule has 17 heavy (non-hydrogen) atoms. The van der Waals surface area contributed by atoms with Crippen molar-refractivity contribution in [2.45, 2.75) is 27.2 Å². The smallest absolute Gasteiger partial charge is 0.224 e. The van der Waals surface area contributed by atoms with E-state index in [1.807, 2.05) is 19.3 Å². The summed E-state index contributed by atoms with van der Waals surface area (Å²) in [6.45, 7) is 9.16. The van der Waals surface area contributed by atoms with Gasteiger partial charge in [0, 0.05) is 26.3 Å². The van der Waals surface area contributed by atoms with Crippen molar-refractivity contribution < 1.29 is 0 Å². The van der Waals surface area contributed by atoms with Gasteiger partial charge in [0.15, 0.2) is 0 Å². The molecule has 2 rings (SSSR count). The second-order valence-electron chi connectivity index (χ2n) is 5.79. The van der Waals surface area contributed by atoms with Gasteiger partial charge in [-0.1, -0.05) is 20.8 Å². The third kappa shape index (κ3) is 2.68. The van der Waals surface area contributed by atoms with Crippen molar-refractivity contribution in [3.05, 3.63) is 12.3 Å². The zero-order valence-electron chi connectivity index (χ0n) is 11.2. The Bertz CT molecular complexity index is 383. The van der Waals surface area contributed by atoms with Crippen LogP contribution in [0, 0.1) is 11.3 Å². The van der Waals surface area contributed by atoms with Gasteiger partial charge in [0.2, 0.25) is 5.95 Å². The Balaban J connectivity index is 2.09. The zero-order chi connectivity index (χ0) is 12.5. The number of aromatic nitrogens is 2. The summed E-state index contributed by atoms with van der Waals surface area (Å²) in [5.41, 5.74) is 0.383. The lowest BCUT2D eigenvalue weighted by Crippen LogP contribution is -2.26.